The van der Waals surface area contributed by atoms with Crippen LogP contribution >= 0.6 is 0 Å². The second kappa shape index (κ2) is 12.9. The third-order valence-electron chi connectivity index (χ3n) is 4.73. The quantitative estimate of drug-likeness (QED) is 0.198. The number of aliphatic hydroxyl groups is 1. The van der Waals surface area contributed by atoms with E-state index in [4.69, 9.17) is 20.0 Å². The van der Waals surface area contributed by atoms with Gasteiger partial charge in [0.2, 0.25) is 11.7 Å². The van der Waals surface area contributed by atoms with Crippen molar-refractivity contribution in [1.29, 1.82) is 5.41 Å². The fourth-order valence-electron chi connectivity index (χ4n) is 3.14. The molecule has 0 aromatic rings. The minimum Gasteiger partial charge on any atom is -0.478 e. The Morgan fingerprint density at radius 1 is 1.33 bits per heavy atom. The summed E-state index contributed by atoms with van der Waals surface area (Å²) in [5, 5.41) is 29.2. The topological polar surface area (TPSA) is 146 Å². The van der Waals surface area contributed by atoms with Crippen LogP contribution < -0.4 is 5.32 Å². The van der Waals surface area contributed by atoms with Gasteiger partial charge in [-0.15, -0.1) is 0 Å². The summed E-state index contributed by atoms with van der Waals surface area (Å²) in [5.74, 6) is -4.11. The van der Waals surface area contributed by atoms with Gasteiger partial charge in [0.05, 0.1) is 6.04 Å². The van der Waals surface area contributed by atoms with E-state index >= 15 is 0 Å². The van der Waals surface area contributed by atoms with Gasteiger partial charge in [0, 0.05) is 25.5 Å². The zero-order valence-electron chi connectivity index (χ0n) is 17.3. The highest BCUT2D eigenvalue weighted by Gasteiger charge is 2.44. The van der Waals surface area contributed by atoms with Crippen LogP contribution in [0.2, 0.25) is 0 Å². The first kappa shape index (κ1) is 25.5. The number of amides is 1. The molecular formula is C20H31FN2O7. The molecule has 1 amide bonds. The van der Waals surface area contributed by atoms with E-state index in [0.29, 0.717) is 6.42 Å². The van der Waals surface area contributed by atoms with Gasteiger partial charge in [-0.3, -0.25) is 9.59 Å². The van der Waals surface area contributed by atoms with Crippen LogP contribution in [-0.4, -0.2) is 65.3 Å². The van der Waals surface area contributed by atoms with Crippen molar-refractivity contribution in [3.05, 3.63) is 11.8 Å². The van der Waals surface area contributed by atoms with Crippen LogP contribution in [0.1, 0.15) is 52.4 Å². The third kappa shape index (κ3) is 8.10. The molecule has 9 nitrogen and oxygen atoms in total. The summed E-state index contributed by atoms with van der Waals surface area (Å²) >= 11 is 0. The average Bonchev–Trinajstić information content (AvgIpc) is 2.70. The van der Waals surface area contributed by atoms with Gasteiger partial charge in [0.1, 0.15) is 12.7 Å². The van der Waals surface area contributed by atoms with Crippen LogP contribution in [0.15, 0.2) is 11.8 Å². The Labute approximate surface area is 175 Å². The number of aliphatic carboxylic acids is 1. The number of rotatable bonds is 13. The second-order valence-electron chi connectivity index (χ2n) is 7.25. The summed E-state index contributed by atoms with van der Waals surface area (Å²) in [5.41, 5.74) is 0. The van der Waals surface area contributed by atoms with Crippen LogP contribution in [0.3, 0.4) is 0 Å². The van der Waals surface area contributed by atoms with Gasteiger partial charge in [0.25, 0.3) is 0 Å². The lowest BCUT2D eigenvalue weighted by Gasteiger charge is -2.37. The van der Waals surface area contributed by atoms with Gasteiger partial charge < -0.3 is 30.4 Å². The average molecular weight is 430 g/mol. The highest BCUT2D eigenvalue weighted by atomic mass is 19.1. The molecule has 1 aliphatic heterocycles. The first-order chi connectivity index (χ1) is 14.2. The monoisotopic (exact) mass is 430 g/mol. The zero-order chi connectivity index (χ0) is 22.7. The molecule has 1 heterocycles. The fraction of sp³-hybridized carbons (Fsp3) is 0.700. The molecule has 0 saturated heterocycles. The number of hydrogen-bond donors (Lipinski definition) is 4. The molecule has 5 unspecified atom stereocenters. The van der Waals surface area contributed by atoms with Crippen molar-refractivity contribution in [3.63, 3.8) is 0 Å². The number of carboxylic acid groups (broad SMARTS) is 1. The van der Waals surface area contributed by atoms with Gasteiger partial charge in [-0.25, -0.2) is 9.18 Å². The maximum atomic E-state index is 15.0. The molecule has 170 valence electrons. The van der Waals surface area contributed by atoms with E-state index in [1.807, 2.05) is 0 Å². The Hall–Kier alpha value is -2.49. The molecule has 0 radical (unpaired) electrons. The van der Waals surface area contributed by atoms with Crippen molar-refractivity contribution < 1.29 is 38.5 Å². The minimum absolute atomic E-state index is 0.156. The number of halogens is 1. The predicted molar refractivity (Wildman–Crippen MR) is 106 cm³/mol. The van der Waals surface area contributed by atoms with Crippen LogP contribution in [0.4, 0.5) is 4.39 Å². The Balaban J connectivity index is 2.72. The largest absolute Gasteiger partial charge is 0.478 e. The number of carbonyl (C=O) groups is 3. The zero-order valence-corrected chi connectivity index (χ0v) is 17.3. The van der Waals surface area contributed by atoms with Crippen molar-refractivity contribution >= 4 is 24.1 Å². The van der Waals surface area contributed by atoms with Crippen molar-refractivity contribution in [2.24, 2.45) is 5.92 Å². The number of hydrogen-bond acceptors (Lipinski definition) is 7. The molecule has 0 saturated carbocycles. The Bertz CT molecular complexity index is 641. The Morgan fingerprint density at radius 3 is 2.57 bits per heavy atom. The molecule has 0 aromatic heterocycles. The summed E-state index contributed by atoms with van der Waals surface area (Å²) in [4.78, 5) is 34.5. The summed E-state index contributed by atoms with van der Waals surface area (Å²) in [6.07, 6.45) is 1.23. The predicted octanol–water partition coefficient (Wildman–Crippen LogP) is 1.73. The number of alkyl halides is 1. The molecule has 1 aliphatic rings. The summed E-state index contributed by atoms with van der Waals surface area (Å²) < 4.78 is 25.0. The minimum atomic E-state index is -2.18. The number of aliphatic hydroxyl groups excluding tert-OH is 1. The van der Waals surface area contributed by atoms with Crippen LogP contribution in [0.25, 0.3) is 0 Å². The molecule has 4 N–H and O–H groups in total. The lowest BCUT2D eigenvalue weighted by molar-refractivity contribution is -0.151. The first-order valence-corrected chi connectivity index (χ1v) is 10.1. The standard InChI is InChI=1S/C20H31FN2O7/c1-3-4-5-6-7-8-16(26)29-11-14(25)17(21)19-18(23-12(2)24)13(10-22)9-15(30-19)20(27)28/h9-10,13-14,17-19,22,25H,3-8,11H2,1-2H3,(H,23,24)(H,27,28). The number of carbonyl (C=O) groups excluding carboxylic acids is 2. The van der Waals surface area contributed by atoms with Crippen molar-refractivity contribution in [2.45, 2.75) is 76.8 Å². The fourth-order valence-corrected chi connectivity index (χ4v) is 3.14. The molecule has 1 rings (SSSR count). The van der Waals surface area contributed by atoms with E-state index in [-0.39, 0.29) is 6.42 Å². The normalized spacial score (nSPS) is 22.8. The molecule has 0 spiro atoms. The van der Waals surface area contributed by atoms with Gasteiger partial charge in [-0.1, -0.05) is 32.6 Å². The number of unbranched alkanes of at least 4 members (excludes halogenated alkanes) is 4. The van der Waals surface area contributed by atoms with E-state index in [2.05, 4.69) is 12.2 Å². The highest BCUT2D eigenvalue weighted by Crippen LogP contribution is 2.27. The van der Waals surface area contributed by atoms with Gasteiger partial charge in [-0.05, 0) is 12.5 Å². The van der Waals surface area contributed by atoms with E-state index in [0.717, 1.165) is 38.0 Å². The van der Waals surface area contributed by atoms with Crippen molar-refractivity contribution in [1.82, 2.24) is 5.32 Å². The van der Waals surface area contributed by atoms with Crippen molar-refractivity contribution in [3.8, 4) is 0 Å². The van der Waals surface area contributed by atoms with E-state index in [9.17, 15) is 23.9 Å². The first-order valence-electron chi connectivity index (χ1n) is 10.1. The Kier molecular flexibility index (Phi) is 11.0. The van der Waals surface area contributed by atoms with Gasteiger partial charge in [0.15, 0.2) is 12.3 Å². The highest BCUT2D eigenvalue weighted by molar-refractivity contribution is 5.86. The lowest BCUT2D eigenvalue weighted by Crippen LogP contribution is -2.57. The molecule has 10 heteroatoms. The summed E-state index contributed by atoms with van der Waals surface area (Å²) in [6, 6.07) is -1.11. The summed E-state index contributed by atoms with van der Waals surface area (Å²) in [6.45, 7) is 2.62. The van der Waals surface area contributed by atoms with Crippen molar-refractivity contribution in [2.75, 3.05) is 6.61 Å². The lowest BCUT2D eigenvalue weighted by atomic mass is 9.88. The van der Waals surface area contributed by atoms with Crippen LogP contribution in [0, 0.1) is 11.3 Å². The molecule has 0 aromatic carbocycles. The molecule has 5 atom stereocenters. The molecule has 0 aliphatic carbocycles. The van der Waals surface area contributed by atoms with E-state index in [1.165, 1.54) is 6.92 Å². The molecular weight excluding hydrogens is 399 g/mol. The van der Waals surface area contributed by atoms with Gasteiger partial charge >= 0.3 is 11.9 Å². The van der Waals surface area contributed by atoms with Crippen LogP contribution in [0.5, 0.6) is 0 Å². The SMILES string of the molecule is CCCCCCCC(=O)OCC(O)C(F)C1OC(C(=O)O)=CC(C=N)C1NC(C)=O. The second-order valence-corrected chi connectivity index (χ2v) is 7.25. The Morgan fingerprint density at radius 2 is 2.00 bits per heavy atom. The molecule has 30 heavy (non-hydrogen) atoms. The summed E-state index contributed by atoms with van der Waals surface area (Å²) in [7, 11) is 0. The maximum Gasteiger partial charge on any atom is 0.370 e. The number of esters is 1. The number of ether oxygens (including phenoxy) is 2. The third-order valence-corrected chi connectivity index (χ3v) is 4.73. The van der Waals surface area contributed by atoms with Crippen LogP contribution in [-0.2, 0) is 23.9 Å². The molecule has 0 fully saturated rings. The maximum absolute atomic E-state index is 15.0. The van der Waals surface area contributed by atoms with E-state index in [1.54, 1.807) is 0 Å². The molecule has 0 bridgehead atoms. The number of nitrogens with one attached hydrogen (secondary N) is 2. The van der Waals surface area contributed by atoms with E-state index < -0.39 is 60.6 Å². The smallest absolute Gasteiger partial charge is 0.370 e. The number of carboxylic acids is 1. The van der Waals surface area contributed by atoms with Gasteiger partial charge in [-0.2, -0.15) is 0 Å².